The average Bonchev–Trinajstić information content (AvgIpc) is 3.04. The normalized spacial score (nSPS) is 12.7. The number of rotatable bonds is 7. The Morgan fingerprint density at radius 1 is 1.23 bits per heavy atom. The van der Waals surface area contributed by atoms with Gasteiger partial charge in [-0.25, -0.2) is 22.3 Å². The third kappa shape index (κ3) is 4.17. The van der Waals surface area contributed by atoms with Crippen molar-refractivity contribution in [1.82, 2.24) is 4.72 Å². The Balaban J connectivity index is 1.92. The highest BCUT2D eigenvalue weighted by molar-refractivity contribution is 7.89. The monoisotopic (exact) mass is 435 g/mol. The van der Waals surface area contributed by atoms with E-state index in [2.05, 4.69) is 4.72 Å². The molecule has 160 valence electrons. The van der Waals surface area contributed by atoms with E-state index in [-0.39, 0.29) is 23.0 Å². The number of carbonyl (C=O) groups excluding carboxylic acids is 1. The van der Waals surface area contributed by atoms with Crippen molar-refractivity contribution < 1.29 is 31.5 Å². The van der Waals surface area contributed by atoms with Crippen molar-refractivity contribution in [1.29, 1.82) is 0 Å². The molecule has 0 radical (unpaired) electrons. The quantitative estimate of drug-likeness (QED) is 0.562. The lowest BCUT2D eigenvalue weighted by Crippen LogP contribution is -2.27. The van der Waals surface area contributed by atoms with E-state index in [1.807, 2.05) is 0 Å². The fourth-order valence-electron chi connectivity index (χ4n) is 3.07. The van der Waals surface area contributed by atoms with Crippen LogP contribution in [-0.2, 0) is 14.8 Å². The minimum absolute atomic E-state index is 0.00948. The third-order valence-corrected chi connectivity index (χ3v) is 6.22. The maximum absolute atomic E-state index is 13.6. The first kappa shape index (κ1) is 21.8. The molecule has 0 bridgehead atoms. The summed E-state index contributed by atoms with van der Waals surface area (Å²) in [5, 5.41) is 0.497. The second-order valence-electron chi connectivity index (χ2n) is 6.67. The van der Waals surface area contributed by atoms with E-state index in [0.717, 1.165) is 0 Å². The minimum Gasteiger partial charge on any atom is -0.494 e. The SMILES string of the molecule is CCOC(=O)c1oc2ccc(S(=O)(=O)NC(C)c3ccc(F)c(OC)c3)cc2c1C. The summed E-state index contributed by atoms with van der Waals surface area (Å²) in [5.74, 6) is -1.07. The minimum atomic E-state index is -3.91. The highest BCUT2D eigenvalue weighted by atomic mass is 32.2. The van der Waals surface area contributed by atoms with E-state index in [1.165, 1.54) is 43.5 Å². The lowest BCUT2D eigenvalue weighted by molar-refractivity contribution is 0.0491. The predicted molar refractivity (Wildman–Crippen MR) is 109 cm³/mol. The van der Waals surface area contributed by atoms with Gasteiger partial charge in [0.2, 0.25) is 15.8 Å². The molecule has 30 heavy (non-hydrogen) atoms. The maximum Gasteiger partial charge on any atom is 0.374 e. The van der Waals surface area contributed by atoms with Gasteiger partial charge in [-0.15, -0.1) is 0 Å². The molecule has 0 aliphatic rings. The molecule has 0 spiro atoms. The molecule has 9 heteroatoms. The van der Waals surface area contributed by atoms with Crippen molar-refractivity contribution in [3.8, 4) is 5.75 Å². The van der Waals surface area contributed by atoms with Gasteiger partial charge in [0.15, 0.2) is 11.6 Å². The zero-order chi connectivity index (χ0) is 22.1. The number of methoxy groups -OCH3 is 1. The van der Waals surface area contributed by atoms with Crippen molar-refractivity contribution in [3.05, 3.63) is 59.1 Å². The number of halogens is 1. The Morgan fingerprint density at radius 2 is 1.97 bits per heavy atom. The molecule has 0 saturated heterocycles. The third-order valence-electron chi connectivity index (χ3n) is 4.69. The molecule has 0 aliphatic heterocycles. The van der Waals surface area contributed by atoms with Gasteiger partial charge < -0.3 is 13.9 Å². The second-order valence-corrected chi connectivity index (χ2v) is 8.39. The van der Waals surface area contributed by atoms with Crippen molar-refractivity contribution in [3.63, 3.8) is 0 Å². The van der Waals surface area contributed by atoms with E-state index in [0.29, 0.717) is 22.1 Å². The molecule has 1 atom stereocenters. The van der Waals surface area contributed by atoms with Crippen molar-refractivity contribution >= 4 is 27.0 Å². The molecule has 0 fully saturated rings. The molecule has 7 nitrogen and oxygen atoms in total. The number of hydrogen-bond acceptors (Lipinski definition) is 6. The molecule has 1 aromatic heterocycles. The van der Waals surface area contributed by atoms with E-state index >= 15 is 0 Å². The number of esters is 1. The molecule has 3 rings (SSSR count). The van der Waals surface area contributed by atoms with Gasteiger partial charge in [-0.1, -0.05) is 6.07 Å². The van der Waals surface area contributed by atoms with Crippen LogP contribution in [-0.4, -0.2) is 28.1 Å². The molecular weight excluding hydrogens is 413 g/mol. The number of carbonyl (C=O) groups is 1. The number of benzene rings is 2. The van der Waals surface area contributed by atoms with Crippen LogP contribution in [0.2, 0.25) is 0 Å². The fraction of sp³-hybridized carbons (Fsp3) is 0.286. The van der Waals surface area contributed by atoms with Gasteiger partial charge in [-0.2, -0.15) is 0 Å². The Kier molecular flexibility index (Phi) is 6.14. The van der Waals surface area contributed by atoms with E-state index in [1.54, 1.807) is 20.8 Å². The standard InChI is InChI=1S/C21H22FNO6S/c1-5-28-21(24)20-12(2)16-11-15(7-9-18(16)29-20)30(25,26)23-13(3)14-6-8-17(22)19(10-14)27-4/h6-11,13,23H,5H2,1-4H3. The van der Waals surface area contributed by atoms with Gasteiger partial charge >= 0.3 is 5.97 Å². The zero-order valence-corrected chi connectivity index (χ0v) is 17.8. The number of sulfonamides is 1. The predicted octanol–water partition coefficient (Wildman–Crippen LogP) is 4.11. The molecule has 1 unspecified atom stereocenters. The lowest BCUT2D eigenvalue weighted by Gasteiger charge is -2.16. The van der Waals surface area contributed by atoms with E-state index < -0.39 is 27.9 Å². The molecule has 0 amide bonds. The second kappa shape index (κ2) is 8.45. The Morgan fingerprint density at radius 3 is 2.63 bits per heavy atom. The Bertz CT molecular complexity index is 1200. The summed E-state index contributed by atoms with van der Waals surface area (Å²) >= 11 is 0. The van der Waals surface area contributed by atoms with Crippen LogP contribution in [0.5, 0.6) is 5.75 Å². The van der Waals surface area contributed by atoms with Gasteiger partial charge in [0.05, 0.1) is 18.6 Å². The highest BCUT2D eigenvalue weighted by Gasteiger charge is 2.23. The van der Waals surface area contributed by atoms with Crippen LogP contribution in [0, 0.1) is 12.7 Å². The number of hydrogen-bond donors (Lipinski definition) is 1. The molecule has 0 saturated carbocycles. The highest BCUT2D eigenvalue weighted by Crippen LogP contribution is 2.29. The number of nitrogens with one attached hydrogen (secondary N) is 1. The number of fused-ring (bicyclic) bond motifs is 1. The van der Waals surface area contributed by atoms with Crippen LogP contribution in [0.3, 0.4) is 0 Å². The van der Waals surface area contributed by atoms with E-state index in [4.69, 9.17) is 13.9 Å². The largest absolute Gasteiger partial charge is 0.494 e. The van der Waals surface area contributed by atoms with Crippen molar-refractivity contribution in [2.24, 2.45) is 0 Å². The van der Waals surface area contributed by atoms with Gasteiger partial charge in [0, 0.05) is 17.0 Å². The summed E-state index contributed by atoms with van der Waals surface area (Å²) < 4.78 is 57.4. The number of furan rings is 1. The van der Waals surface area contributed by atoms with Crippen LogP contribution in [0.15, 0.2) is 45.7 Å². The van der Waals surface area contributed by atoms with Crippen LogP contribution in [0.4, 0.5) is 4.39 Å². The summed E-state index contributed by atoms with van der Waals surface area (Å²) in [4.78, 5) is 12.0. The Labute approximate surface area is 173 Å². The molecule has 0 aliphatic carbocycles. The summed E-state index contributed by atoms with van der Waals surface area (Å²) in [6.45, 7) is 5.19. The van der Waals surface area contributed by atoms with Crippen LogP contribution in [0.25, 0.3) is 11.0 Å². The van der Waals surface area contributed by atoms with Crippen LogP contribution >= 0.6 is 0 Å². The van der Waals surface area contributed by atoms with Crippen molar-refractivity contribution in [2.75, 3.05) is 13.7 Å². The van der Waals surface area contributed by atoms with Gasteiger partial charge in [-0.05, 0) is 56.7 Å². The lowest BCUT2D eigenvalue weighted by atomic mass is 10.1. The van der Waals surface area contributed by atoms with Crippen molar-refractivity contribution in [2.45, 2.75) is 31.7 Å². The fourth-order valence-corrected chi connectivity index (χ4v) is 4.33. The summed E-state index contributed by atoms with van der Waals surface area (Å²) in [7, 11) is -2.57. The molecule has 1 N–H and O–H groups in total. The molecule has 3 aromatic rings. The first-order valence-electron chi connectivity index (χ1n) is 9.24. The molecule has 2 aromatic carbocycles. The average molecular weight is 435 g/mol. The summed E-state index contributed by atoms with van der Waals surface area (Å²) in [6, 6.07) is 7.83. The molecular formula is C21H22FNO6S. The summed E-state index contributed by atoms with van der Waals surface area (Å²) in [5.41, 5.74) is 1.42. The topological polar surface area (TPSA) is 94.8 Å². The molecule has 1 heterocycles. The van der Waals surface area contributed by atoms with Gasteiger partial charge in [0.25, 0.3) is 0 Å². The summed E-state index contributed by atoms with van der Waals surface area (Å²) in [6.07, 6.45) is 0. The van der Waals surface area contributed by atoms with Gasteiger partial charge in [-0.3, -0.25) is 0 Å². The van der Waals surface area contributed by atoms with Crippen LogP contribution in [0.1, 0.15) is 41.6 Å². The van der Waals surface area contributed by atoms with Crippen LogP contribution < -0.4 is 9.46 Å². The maximum atomic E-state index is 13.6. The Hall–Kier alpha value is -2.91. The zero-order valence-electron chi connectivity index (χ0n) is 17.0. The smallest absolute Gasteiger partial charge is 0.374 e. The first-order valence-corrected chi connectivity index (χ1v) is 10.7. The number of aryl methyl sites for hydroxylation is 1. The van der Waals surface area contributed by atoms with E-state index in [9.17, 15) is 17.6 Å². The first-order chi connectivity index (χ1) is 14.2. The number of ether oxygens (including phenoxy) is 2. The van der Waals surface area contributed by atoms with Gasteiger partial charge in [0.1, 0.15) is 5.58 Å².